The van der Waals surface area contributed by atoms with Gasteiger partial charge in [0.2, 0.25) is 10.0 Å². The third-order valence-electron chi connectivity index (χ3n) is 3.49. The minimum atomic E-state index is -4.27. The van der Waals surface area contributed by atoms with Crippen molar-refractivity contribution in [2.75, 3.05) is 5.75 Å². The van der Waals surface area contributed by atoms with Crippen molar-refractivity contribution < 1.29 is 21.6 Å². The molecule has 0 saturated carbocycles. The highest BCUT2D eigenvalue weighted by Crippen LogP contribution is 2.37. The van der Waals surface area contributed by atoms with Crippen LogP contribution in [0.1, 0.15) is 18.0 Å². The molecule has 1 heterocycles. The molecule has 8 heteroatoms. The highest BCUT2D eigenvalue weighted by Gasteiger charge is 2.28. The van der Waals surface area contributed by atoms with Gasteiger partial charge in [-0.3, -0.25) is 0 Å². The third kappa shape index (κ3) is 3.39. The molecule has 0 aromatic heterocycles. The van der Waals surface area contributed by atoms with Crippen LogP contribution in [0.3, 0.4) is 0 Å². The van der Waals surface area contributed by atoms with Gasteiger partial charge in [0.1, 0.15) is 22.3 Å². The topological polar surface area (TPSA) is 46.2 Å². The quantitative estimate of drug-likeness (QED) is 0.911. The number of nitrogens with one attached hydrogen (secondary N) is 1. The Balaban J connectivity index is 1.96. The van der Waals surface area contributed by atoms with Crippen molar-refractivity contribution in [1.29, 1.82) is 0 Å². The molecule has 3 rings (SSSR count). The highest BCUT2D eigenvalue weighted by molar-refractivity contribution is 7.99. The summed E-state index contributed by atoms with van der Waals surface area (Å²) in [6.45, 7) is 0. The lowest BCUT2D eigenvalue weighted by atomic mass is 10.0. The van der Waals surface area contributed by atoms with Crippen molar-refractivity contribution in [3.8, 4) is 0 Å². The smallest absolute Gasteiger partial charge is 0.207 e. The normalized spacial score (nSPS) is 17.8. The van der Waals surface area contributed by atoms with Crippen molar-refractivity contribution in [3.63, 3.8) is 0 Å². The molecule has 0 saturated heterocycles. The number of benzene rings is 2. The van der Waals surface area contributed by atoms with E-state index in [1.54, 1.807) is 6.07 Å². The van der Waals surface area contributed by atoms with Crippen LogP contribution in [0, 0.1) is 17.5 Å². The molecule has 122 valence electrons. The minimum Gasteiger partial charge on any atom is -0.207 e. The Hall–Kier alpha value is -1.51. The zero-order valence-electron chi connectivity index (χ0n) is 11.7. The molecule has 0 fully saturated rings. The number of fused-ring (bicyclic) bond motifs is 1. The van der Waals surface area contributed by atoms with Crippen molar-refractivity contribution >= 4 is 21.8 Å². The number of hydrogen-bond acceptors (Lipinski definition) is 3. The van der Waals surface area contributed by atoms with Gasteiger partial charge in [-0.15, -0.1) is 11.8 Å². The highest BCUT2D eigenvalue weighted by atomic mass is 32.2. The summed E-state index contributed by atoms with van der Waals surface area (Å²) in [7, 11) is -4.27. The fraction of sp³-hybridized carbons (Fsp3) is 0.200. The van der Waals surface area contributed by atoms with Crippen LogP contribution < -0.4 is 4.72 Å². The largest absolute Gasteiger partial charge is 0.244 e. The van der Waals surface area contributed by atoms with Gasteiger partial charge in [-0.1, -0.05) is 0 Å². The average molecular weight is 359 g/mol. The van der Waals surface area contributed by atoms with Gasteiger partial charge in [0.05, 0.1) is 0 Å². The predicted molar refractivity (Wildman–Crippen MR) is 81.2 cm³/mol. The van der Waals surface area contributed by atoms with Gasteiger partial charge >= 0.3 is 0 Å². The van der Waals surface area contributed by atoms with Gasteiger partial charge in [-0.2, -0.15) is 0 Å². The van der Waals surface area contributed by atoms with E-state index in [0.717, 1.165) is 17.0 Å². The van der Waals surface area contributed by atoms with E-state index in [2.05, 4.69) is 4.72 Å². The first kappa shape index (κ1) is 16.4. The predicted octanol–water partition coefficient (Wildman–Crippen LogP) is 3.62. The Kier molecular flexibility index (Phi) is 4.39. The van der Waals surface area contributed by atoms with Gasteiger partial charge in [0.25, 0.3) is 0 Å². The zero-order valence-corrected chi connectivity index (χ0v) is 13.4. The number of sulfonamides is 1. The second-order valence-corrected chi connectivity index (χ2v) is 7.89. The minimum absolute atomic E-state index is 0.428. The molecular formula is C15H12F3NO2S2. The lowest BCUT2D eigenvalue weighted by Gasteiger charge is -2.25. The van der Waals surface area contributed by atoms with Gasteiger partial charge < -0.3 is 0 Å². The molecule has 0 radical (unpaired) electrons. The maximum atomic E-state index is 13.7. The fourth-order valence-corrected chi connectivity index (χ4v) is 4.87. The molecule has 0 bridgehead atoms. The van der Waals surface area contributed by atoms with Gasteiger partial charge in [0, 0.05) is 10.9 Å². The SMILES string of the molecule is O=S(=O)(N[C@H]1CCSc2ccc(F)cc21)c1cc(F)ccc1F. The van der Waals surface area contributed by atoms with E-state index in [1.807, 2.05) is 0 Å². The Morgan fingerprint density at radius 2 is 1.74 bits per heavy atom. The molecular weight excluding hydrogens is 347 g/mol. The molecule has 0 spiro atoms. The first-order chi connectivity index (χ1) is 10.9. The summed E-state index contributed by atoms with van der Waals surface area (Å²) in [6, 6.07) is 5.69. The van der Waals surface area contributed by atoms with Crippen molar-refractivity contribution in [3.05, 3.63) is 59.4 Å². The molecule has 0 amide bonds. The van der Waals surface area contributed by atoms with Crippen LogP contribution in [0.25, 0.3) is 0 Å². The van der Waals surface area contributed by atoms with Crippen LogP contribution >= 0.6 is 11.8 Å². The van der Waals surface area contributed by atoms with Crippen LogP contribution in [0.4, 0.5) is 13.2 Å². The van der Waals surface area contributed by atoms with E-state index in [4.69, 9.17) is 0 Å². The number of rotatable bonds is 3. The van der Waals surface area contributed by atoms with Gasteiger partial charge in [-0.25, -0.2) is 26.3 Å². The summed E-state index contributed by atoms with van der Waals surface area (Å²) in [5.41, 5.74) is 0.502. The van der Waals surface area contributed by atoms with Crippen LogP contribution in [-0.2, 0) is 10.0 Å². The van der Waals surface area contributed by atoms with Gasteiger partial charge in [-0.05, 0) is 54.1 Å². The third-order valence-corrected chi connectivity index (χ3v) is 6.10. The molecule has 1 aliphatic heterocycles. The van der Waals surface area contributed by atoms with Crippen LogP contribution in [0.15, 0.2) is 46.2 Å². The summed E-state index contributed by atoms with van der Waals surface area (Å²) in [5.74, 6) is -1.73. The molecule has 23 heavy (non-hydrogen) atoms. The van der Waals surface area contributed by atoms with E-state index in [-0.39, 0.29) is 0 Å². The van der Waals surface area contributed by atoms with E-state index in [1.165, 1.54) is 23.9 Å². The summed E-state index contributed by atoms with van der Waals surface area (Å²) in [6.07, 6.45) is 0.428. The number of halogens is 3. The van der Waals surface area contributed by atoms with Gasteiger partial charge in [0.15, 0.2) is 0 Å². The van der Waals surface area contributed by atoms with E-state index >= 15 is 0 Å². The van der Waals surface area contributed by atoms with E-state index < -0.39 is 38.4 Å². The Bertz CT molecular complexity index is 856. The molecule has 3 nitrogen and oxygen atoms in total. The maximum Gasteiger partial charge on any atom is 0.244 e. The van der Waals surface area contributed by atoms with Crippen LogP contribution in [0.2, 0.25) is 0 Å². The van der Waals surface area contributed by atoms with Crippen molar-refractivity contribution in [2.45, 2.75) is 22.3 Å². The lowest BCUT2D eigenvalue weighted by Crippen LogP contribution is -2.31. The van der Waals surface area contributed by atoms with Crippen molar-refractivity contribution in [1.82, 2.24) is 4.72 Å². The second kappa shape index (κ2) is 6.18. The fourth-order valence-electron chi connectivity index (χ4n) is 2.42. The molecule has 0 aliphatic carbocycles. The molecule has 2 aromatic carbocycles. The summed E-state index contributed by atoms with van der Waals surface area (Å²) in [4.78, 5) is 0.0127. The zero-order chi connectivity index (χ0) is 16.6. The van der Waals surface area contributed by atoms with Crippen LogP contribution in [-0.4, -0.2) is 14.2 Å². The monoisotopic (exact) mass is 359 g/mol. The maximum absolute atomic E-state index is 13.7. The number of hydrogen-bond donors (Lipinski definition) is 1. The summed E-state index contributed by atoms with van der Waals surface area (Å²) >= 11 is 1.49. The molecule has 1 N–H and O–H groups in total. The standard InChI is InChI=1S/C15H12F3NO2S2/c16-9-2-4-14-11(7-9)13(5-6-22-14)19-23(20,21)15-8-10(17)1-3-12(15)18/h1-4,7-8,13,19H,5-6H2/t13-/m0/s1. The summed E-state index contributed by atoms with van der Waals surface area (Å²) < 4.78 is 67.5. The average Bonchev–Trinajstić information content (AvgIpc) is 2.50. The first-order valence-electron chi connectivity index (χ1n) is 6.76. The second-order valence-electron chi connectivity index (χ2n) is 5.07. The number of thioether (sulfide) groups is 1. The summed E-state index contributed by atoms with van der Waals surface area (Å²) in [5, 5.41) is 0. The van der Waals surface area contributed by atoms with Crippen LogP contribution in [0.5, 0.6) is 0 Å². The Labute approximate surface area is 136 Å². The first-order valence-corrected chi connectivity index (χ1v) is 9.23. The lowest BCUT2D eigenvalue weighted by molar-refractivity contribution is 0.524. The molecule has 2 aromatic rings. The van der Waals surface area contributed by atoms with Crippen molar-refractivity contribution in [2.24, 2.45) is 0 Å². The molecule has 0 unspecified atom stereocenters. The molecule has 1 atom stereocenters. The molecule has 1 aliphatic rings. The Morgan fingerprint density at radius 1 is 1.04 bits per heavy atom. The van der Waals surface area contributed by atoms with E-state index in [9.17, 15) is 21.6 Å². The Morgan fingerprint density at radius 3 is 2.52 bits per heavy atom. The van der Waals surface area contributed by atoms with E-state index in [0.29, 0.717) is 23.8 Å².